The van der Waals surface area contributed by atoms with Gasteiger partial charge in [-0.05, 0) is 34.7 Å². The molecule has 0 spiro atoms. The van der Waals surface area contributed by atoms with Gasteiger partial charge >= 0.3 is 0 Å². The SMILES string of the molecule is CN(c1c(Br)cnn(CC2CCC2)c1=O)C1CNC1. The van der Waals surface area contributed by atoms with Crippen molar-refractivity contribution in [2.75, 3.05) is 25.0 Å². The van der Waals surface area contributed by atoms with Crippen LogP contribution in [0.4, 0.5) is 5.69 Å². The summed E-state index contributed by atoms with van der Waals surface area (Å²) in [5, 5.41) is 7.50. The third kappa shape index (κ3) is 2.43. The van der Waals surface area contributed by atoms with Crippen LogP contribution in [0.15, 0.2) is 15.5 Å². The molecule has 1 N–H and O–H groups in total. The van der Waals surface area contributed by atoms with Crippen LogP contribution in [0.2, 0.25) is 0 Å². The molecular weight excluding hydrogens is 308 g/mol. The number of likely N-dealkylation sites (N-methyl/N-ethyl adjacent to an activating group) is 1. The lowest BCUT2D eigenvalue weighted by Crippen LogP contribution is -2.57. The molecule has 0 amide bonds. The highest BCUT2D eigenvalue weighted by molar-refractivity contribution is 9.10. The number of nitrogens with zero attached hydrogens (tertiary/aromatic N) is 3. The van der Waals surface area contributed by atoms with Gasteiger partial charge in [-0.2, -0.15) is 5.10 Å². The summed E-state index contributed by atoms with van der Waals surface area (Å²) < 4.78 is 2.42. The summed E-state index contributed by atoms with van der Waals surface area (Å²) in [5.74, 6) is 0.634. The van der Waals surface area contributed by atoms with Crippen molar-refractivity contribution in [2.45, 2.75) is 31.8 Å². The van der Waals surface area contributed by atoms with Crippen LogP contribution in [0.25, 0.3) is 0 Å². The summed E-state index contributed by atoms with van der Waals surface area (Å²) in [6, 6.07) is 0.406. The smallest absolute Gasteiger partial charge is 0.291 e. The molecule has 0 aromatic carbocycles. The van der Waals surface area contributed by atoms with E-state index in [1.807, 2.05) is 7.05 Å². The molecule has 1 aromatic heterocycles. The van der Waals surface area contributed by atoms with Crippen LogP contribution in [0.1, 0.15) is 19.3 Å². The third-order valence-electron chi connectivity index (χ3n) is 4.29. The Kier molecular flexibility index (Phi) is 3.62. The lowest BCUT2D eigenvalue weighted by molar-refractivity contribution is 0.261. The average molecular weight is 327 g/mol. The molecule has 1 aliphatic carbocycles. The standard InChI is InChI=1S/C13H19BrN4O/c1-17(10-5-15-6-10)12-11(14)7-16-18(13(12)19)8-9-3-2-4-9/h7,9-10,15H,2-6,8H2,1H3. The summed E-state index contributed by atoms with van der Waals surface area (Å²) in [7, 11) is 1.99. The van der Waals surface area contributed by atoms with E-state index in [4.69, 9.17) is 0 Å². The number of hydrogen-bond acceptors (Lipinski definition) is 4. The van der Waals surface area contributed by atoms with Crippen molar-refractivity contribution in [3.63, 3.8) is 0 Å². The fourth-order valence-corrected chi connectivity index (χ4v) is 3.10. The van der Waals surface area contributed by atoms with Crippen LogP contribution < -0.4 is 15.8 Å². The molecule has 1 aliphatic heterocycles. The van der Waals surface area contributed by atoms with Gasteiger partial charge in [0, 0.05) is 26.7 Å². The normalized spacial score (nSPS) is 19.9. The van der Waals surface area contributed by atoms with Crippen LogP contribution in [0.3, 0.4) is 0 Å². The van der Waals surface area contributed by atoms with E-state index in [-0.39, 0.29) is 5.56 Å². The highest BCUT2D eigenvalue weighted by Crippen LogP contribution is 2.28. The van der Waals surface area contributed by atoms with Crippen molar-refractivity contribution in [3.8, 4) is 0 Å². The monoisotopic (exact) mass is 326 g/mol. The molecule has 0 atom stereocenters. The maximum absolute atomic E-state index is 12.6. The number of hydrogen-bond donors (Lipinski definition) is 1. The minimum absolute atomic E-state index is 0.0238. The summed E-state index contributed by atoms with van der Waals surface area (Å²) in [6.45, 7) is 2.64. The van der Waals surface area contributed by atoms with Gasteiger partial charge in [0.2, 0.25) is 0 Å². The van der Waals surface area contributed by atoms with Crippen LogP contribution in [0.5, 0.6) is 0 Å². The molecule has 5 nitrogen and oxygen atoms in total. The molecular formula is C13H19BrN4O. The van der Waals surface area contributed by atoms with Gasteiger partial charge in [0.25, 0.3) is 5.56 Å². The first-order chi connectivity index (χ1) is 9.16. The Hall–Kier alpha value is -0.880. The van der Waals surface area contributed by atoms with Crippen molar-refractivity contribution in [1.82, 2.24) is 15.1 Å². The topological polar surface area (TPSA) is 50.2 Å². The van der Waals surface area contributed by atoms with E-state index in [0.717, 1.165) is 29.8 Å². The first kappa shape index (κ1) is 13.1. The van der Waals surface area contributed by atoms with E-state index in [9.17, 15) is 4.79 Å². The van der Waals surface area contributed by atoms with Crippen molar-refractivity contribution in [3.05, 3.63) is 21.0 Å². The molecule has 19 heavy (non-hydrogen) atoms. The van der Waals surface area contributed by atoms with E-state index in [1.54, 1.807) is 10.9 Å². The lowest BCUT2D eigenvalue weighted by Gasteiger charge is -2.37. The third-order valence-corrected chi connectivity index (χ3v) is 4.87. The molecule has 2 fully saturated rings. The molecule has 2 heterocycles. The minimum atomic E-state index is 0.0238. The van der Waals surface area contributed by atoms with Crippen molar-refractivity contribution in [2.24, 2.45) is 5.92 Å². The molecule has 0 radical (unpaired) electrons. The Morgan fingerprint density at radius 1 is 1.53 bits per heavy atom. The fourth-order valence-electron chi connectivity index (χ4n) is 2.56. The second kappa shape index (κ2) is 5.25. The van der Waals surface area contributed by atoms with Gasteiger partial charge in [-0.1, -0.05) is 6.42 Å². The van der Waals surface area contributed by atoms with Gasteiger partial charge in [0.05, 0.1) is 16.7 Å². The molecule has 2 aliphatic rings. The zero-order chi connectivity index (χ0) is 13.4. The predicted octanol–water partition coefficient (Wildman–Crippen LogP) is 1.21. The number of aromatic nitrogens is 2. The molecule has 6 heteroatoms. The van der Waals surface area contributed by atoms with E-state index in [1.165, 1.54) is 19.3 Å². The highest BCUT2D eigenvalue weighted by atomic mass is 79.9. The van der Waals surface area contributed by atoms with Crippen molar-refractivity contribution < 1.29 is 0 Å². The minimum Gasteiger partial charge on any atom is -0.364 e. The molecule has 0 unspecified atom stereocenters. The van der Waals surface area contributed by atoms with Gasteiger partial charge in [-0.3, -0.25) is 4.79 Å². The Bertz CT molecular complexity index is 522. The molecule has 104 valence electrons. The van der Waals surface area contributed by atoms with Crippen LogP contribution in [-0.2, 0) is 6.54 Å². The Morgan fingerprint density at radius 3 is 2.79 bits per heavy atom. The summed E-state index contributed by atoms with van der Waals surface area (Å²) in [4.78, 5) is 14.6. The molecule has 1 saturated heterocycles. The summed E-state index contributed by atoms with van der Waals surface area (Å²) >= 11 is 3.46. The van der Waals surface area contributed by atoms with Gasteiger partial charge < -0.3 is 10.2 Å². The number of anilines is 1. The molecule has 3 rings (SSSR count). The predicted molar refractivity (Wildman–Crippen MR) is 78.6 cm³/mol. The number of nitrogens with one attached hydrogen (secondary N) is 1. The largest absolute Gasteiger partial charge is 0.364 e. The van der Waals surface area contributed by atoms with Crippen LogP contribution in [-0.4, -0.2) is 36.0 Å². The Balaban J connectivity index is 1.88. The van der Waals surface area contributed by atoms with Crippen molar-refractivity contribution >= 4 is 21.6 Å². The second-order valence-corrected chi connectivity index (χ2v) is 6.40. The quantitative estimate of drug-likeness (QED) is 0.903. The summed E-state index contributed by atoms with van der Waals surface area (Å²) in [6.07, 6.45) is 5.48. The maximum atomic E-state index is 12.6. The first-order valence-corrected chi connectivity index (χ1v) is 7.65. The van der Waals surface area contributed by atoms with E-state index < -0.39 is 0 Å². The van der Waals surface area contributed by atoms with Gasteiger partial charge in [0.1, 0.15) is 5.69 Å². The Morgan fingerprint density at radius 2 is 2.26 bits per heavy atom. The van der Waals surface area contributed by atoms with E-state index in [2.05, 4.69) is 31.2 Å². The van der Waals surface area contributed by atoms with E-state index in [0.29, 0.717) is 12.0 Å². The zero-order valence-corrected chi connectivity index (χ0v) is 12.7. The lowest BCUT2D eigenvalue weighted by atomic mass is 9.85. The highest BCUT2D eigenvalue weighted by Gasteiger charge is 2.26. The van der Waals surface area contributed by atoms with Crippen LogP contribution >= 0.6 is 15.9 Å². The van der Waals surface area contributed by atoms with E-state index >= 15 is 0 Å². The molecule has 1 saturated carbocycles. The van der Waals surface area contributed by atoms with Gasteiger partial charge in [-0.15, -0.1) is 0 Å². The van der Waals surface area contributed by atoms with Gasteiger partial charge in [0.15, 0.2) is 0 Å². The zero-order valence-electron chi connectivity index (χ0n) is 11.1. The second-order valence-electron chi connectivity index (χ2n) is 5.55. The number of rotatable bonds is 4. The Labute approximate surface area is 121 Å². The van der Waals surface area contributed by atoms with Crippen molar-refractivity contribution in [1.29, 1.82) is 0 Å². The van der Waals surface area contributed by atoms with Gasteiger partial charge in [-0.25, -0.2) is 4.68 Å². The molecule has 0 bridgehead atoms. The summed E-state index contributed by atoms with van der Waals surface area (Å²) in [5.41, 5.74) is 0.761. The number of halogens is 1. The maximum Gasteiger partial charge on any atom is 0.291 e. The average Bonchev–Trinajstić information content (AvgIpc) is 2.23. The molecule has 1 aromatic rings. The van der Waals surface area contributed by atoms with Crippen LogP contribution in [0, 0.1) is 5.92 Å². The first-order valence-electron chi connectivity index (χ1n) is 6.86. The fraction of sp³-hybridized carbons (Fsp3) is 0.692.